The molecule has 0 aliphatic heterocycles. The number of nitrogens with zero attached hydrogens (tertiary/aromatic N) is 4. The fraction of sp³-hybridized carbons (Fsp3) is 0.219. The summed E-state index contributed by atoms with van der Waals surface area (Å²) in [6.45, 7) is 1.98. The molecular weight excluding hydrogens is 552 g/mol. The van der Waals surface area contributed by atoms with Crippen LogP contribution in [-0.4, -0.2) is 53.9 Å². The molecule has 11 heteroatoms. The number of rotatable bonds is 10. The van der Waals surface area contributed by atoms with Crippen LogP contribution in [0.15, 0.2) is 71.9 Å². The Balaban J connectivity index is 1.87. The van der Waals surface area contributed by atoms with E-state index in [-0.39, 0.29) is 30.1 Å². The van der Waals surface area contributed by atoms with Crippen LogP contribution >= 0.6 is 0 Å². The molecule has 4 heterocycles. The molecular formula is C32H30N4O7. The van der Waals surface area contributed by atoms with Gasteiger partial charge in [0.25, 0.3) is 5.56 Å². The number of aromatic nitrogens is 4. The van der Waals surface area contributed by atoms with Gasteiger partial charge < -0.3 is 23.7 Å². The van der Waals surface area contributed by atoms with Gasteiger partial charge in [-0.1, -0.05) is 6.07 Å². The molecule has 0 N–H and O–H groups in total. The van der Waals surface area contributed by atoms with E-state index in [1.165, 1.54) is 39.2 Å². The van der Waals surface area contributed by atoms with Crippen molar-refractivity contribution >= 4 is 16.7 Å². The first-order valence-electron chi connectivity index (χ1n) is 13.3. The Morgan fingerprint density at radius 1 is 0.860 bits per heavy atom. The highest BCUT2D eigenvalue weighted by Crippen LogP contribution is 2.44. The number of esters is 1. The van der Waals surface area contributed by atoms with Gasteiger partial charge in [0.1, 0.15) is 17.7 Å². The number of ether oxygens (including phenoxy) is 5. The molecule has 0 saturated heterocycles. The number of methoxy groups -OCH3 is 4. The Labute approximate surface area is 247 Å². The van der Waals surface area contributed by atoms with Gasteiger partial charge in [-0.15, -0.1) is 0 Å². The largest absolute Gasteiger partial charge is 0.493 e. The average molecular weight is 583 g/mol. The molecule has 0 atom stereocenters. The SMILES string of the molecule is COC(=O)c1c(-c2cc(OC)c(OC)c(OC)c2)c2ccnc(OCc3ccccn3)c2c(=O)n1Cc1ccnc(C)c1. The molecule has 220 valence electrons. The lowest BCUT2D eigenvalue weighted by Crippen LogP contribution is -2.29. The Bertz CT molecular complexity index is 1830. The molecule has 0 radical (unpaired) electrons. The van der Waals surface area contributed by atoms with E-state index in [2.05, 4.69) is 15.0 Å². The van der Waals surface area contributed by atoms with Gasteiger partial charge in [-0.2, -0.15) is 0 Å². The van der Waals surface area contributed by atoms with Crippen molar-refractivity contribution in [1.82, 2.24) is 19.5 Å². The number of carbonyl (C=O) groups excluding carboxylic acids is 1. The molecule has 0 aliphatic carbocycles. The Morgan fingerprint density at radius 2 is 1.60 bits per heavy atom. The van der Waals surface area contributed by atoms with E-state index in [1.807, 2.05) is 25.1 Å². The second-order valence-electron chi connectivity index (χ2n) is 9.47. The number of aryl methyl sites for hydroxylation is 1. The van der Waals surface area contributed by atoms with Crippen LogP contribution in [0.2, 0.25) is 0 Å². The third-order valence-electron chi connectivity index (χ3n) is 6.87. The summed E-state index contributed by atoms with van der Waals surface area (Å²) < 4.78 is 29.4. The number of carbonyl (C=O) groups is 1. The van der Waals surface area contributed by atoms with E-state index in [0.717, 1.165) is 11.3 Å². The van der Waals surface area contributed by atoms with Crippen molar-refractivity contribution in [3.05, 3.63) is 100 Å². The van der Waals surface area contributed by atoms with Crippen LogP contribution in [0, 0.1) is 6.92 Å². The molecule has 4 aromatic heterocycles. The molecule has 1 aromatic carbocycles. The van der Waals surface area contributed by atoms with Gasteiger partial charge >= 0.3 is 5.97 Å². The average Bonchev–Trinajstić information content (AvgIpc) is 3.04. The molecule has 5 rings (SSSR count). The number of hydrogen-bond acceptors (Lipinski definition) is 10. The zero-order valence-corrected chi connectivity index (χ0v) is 24.4. The molecule has 0 bridgehead atoms. The summed E-state index contributed by atoms with van der Waals surface area (Å²) in [7, 11) is 5.77. The molecule has 0 fully saturated rings. The summed E-state index contributed by atoms with van der Waals surface area (Å²) in [5.74, 6) is 0.492. The number of benzene rings is 1. The van der Waals surface area contributed by atoms with Crippen molar-refractivity contribution in [3.8, 4) is 34.3 Å². The Kier molecular flexibility index (Phi) is 8.51. The maximum absolute atomic E-state index is 14.4. The molecule has 0 unspecified atom stereocenters. The van der Waals surface area contributed by atoms with E-state index in [9.17, 15) is 9.59 Å². The molecule has 43 heavy (non-hydrogen) atoms. The lowest BCUT2D eigenvalue weighted by molar-refractivity contribution is 0.0588. The van der Waals surface area contributed by atoms with Crippen molar-refractivity contribution in [2.24, 2.45) is 0 Å². The second kappa shape index (κ2) is 12.6. The van der Waals surface area contributed by atoms with Crippen molar-refractivity contribution in [2.75, 3.05) is 28.4 Å². The summed E-state index contributed by atoms with van der Waals surface area (Å²) in [5, 5.41) is 0.605. The van der Waals surface area contributed by atoms with Crippen LogP contribution < -0.4 is 24.5 Å². The van der Waals surface area contributed by atoms with Crippen molar-refractivity contribution < 1.29 is 28.5 Å². The van der Waals surface area contributed by atoms with Crippen LogP contribution in [0.4, 0.5) is 0 Å². The minimum Gasteiger partial charge on any atom is -0.493 e. The summed E-state index contributed by atoms with van der Waals surface area (Å²) in [6, 6.07) is 14.2. The number of fused-ring (bicyclic) bond motifs is 1. The molecule has 0 spiro atoms. The maximum atomic E-state index is 14.4. The van der Waals surface area contributed by atoms with Gasteiger partial charge in [0, 0.05) is 35.2 Å². The molecule has 0 amide bonds. The Hall–Kier alpha value is -5.45. The summed E-state index contributed by atoms with van der Waals surface area (Å²) >= 11 is 0. The van der Waals surface area contributed by atoms with Crippen molar-refractivity contribution in [3.63, 3.8) is 0 Å². The highest BCUT2D eigenvalue weighted by Gasteiger charge is 2.28. The monoisotopic (exact) mass is 582 g/mol. The summed E-state index contributed by atoms with van der Waals surface area (Å²) in [6.07, 6.45) is 4.83. The standard InChI is InChI=1S/C32H30N4O7/c1-19-14-20(9-12-33-19)17-36-28(32(38)42-5)26(21-15-24(39-2)29(41-4)25(16-21)40-3)23-10-13-35-30(27(23)31(36)37)43-18-22-8-6-7-11-34-22/h6-16H,17-18H2,1-5H3. The van der Waals surface area contributed by atoms with Crippen LogP contribution in [-0.2, 0) is 17.9 Å². The summed E-state index contributed by atoms with van der Waals surface area (Å²) in [5.41, 5.74) is 2.64. The first-order valence-corrected chi connectivity index (χ1v) is 13.3. The van der Waals surface area contributed by atoms with Gasteiger partial charge in [0.05, 0.1) is 40.7 Å². The zero-order valence-electron chi connectivity index (χ0n) is 24.4. The minimum absolute atomic E-state index is 0.0330. The lowest BCUT2D eigenvalue weighted by atomic mass is 9.96. The fourth-order valence-corrected chi connectivity index (χ4v) is 4.95. The van der Waals surface area contributed by atoms with E-state index in [0.29, 0.717) is 39.5 Å². The highest BCUT2D eigenvalue weighted by molar-refractivity contribution is 6.08. The van der Waals surface area contributed by atoms with E-state index < -0.39 is 11.5 Å². The number of hydrogen-bond donors (Lipinski definition) is 0. The highest BCUT2D eigenvalue weighted by atomic mass is 16.5. The zero-order chi connectivity index (χ0) is 30.5. The minimum atomic E-state index is -0.707. The van der Waals surface area contributed by atoms with Gasteiger partial charge in [-0.25, -0.2) is 9.78 Å². The first kappa shape index (κ1) is 29.1. The maximum Gasteiger partial charge on any atom is 0.355 e. The fourth-order valence-electron chi connectivity index (χ4n) is 4.95. The first-order chi connectivity index (χ1) is 20.9. The third kappa shape index (κ3) is 5.69. The smallest absolute Gasteiger partial charge is 0.355 e. The summed E-state index contributed by atoms with van der Waals surface area (Å²) in [4.78, 5) is 40.9. The molecule has 0 aliphatic rings. The topological polar surface area (TPSA) is 124 Å². The van der Waals surface area contributed by atoms with Gasteiger partial charge in [-0.3, -0.25) is 19.3 Å². The molecule has 0 saturated carbocycles. The predicted octanol–water partition coefficient (Wildman–Crippen LogP) is 4.60. The normalized spacial score (nSPS) is 10.8. The molecule has 5 aromatic rings. The number of pyridine rings is 4. The third-order valence-corrected chi connectivity index (χ3v) is 6.87. The van der Waals surface area contributed by atoms with E-state index in [4.69, 9.17) is 23.7 Å². The van der Waals surface area contributed by atoms with Gasteiger partial charge in [-0.05, 0) is 60.5 Å². The van der Waals surface area contributed by atoms with Crippen LogP contribution in [0.5, 0.6) is 23.1 Å². The molecule has 11 nitrogen and oxygen atoms in total. The predicted molar refractivity (Wildman–Crippen MR) is 159 cm³/mol. The van der Waals surface area contributed by atoms with Crippen LogP contribution in [0.25, 0.3) is 21.9 Å². The quantitative estimate of drug-likeness (QED) is 0.216. The van der Waals surface area contributed by atoms with Crippen LogP contribution in [0.3, 0.4) is 0 Å². The van der Waals surface area contributed by atoms with Gasteiger partial charge in [0.2, 0.25) is 11.6 Å². The van der Waals surface area contributed by atoms with E-state index in [1.54, 1.807) is 42.7 Å². The second-order valence-corrected chi connectivity index (χ2v) is 9.47. The lowest BCUT2D eigenvalue weighted by Gasteiger charge is -2.21. The Morgan fingerprint density at radius 3 is 2.23 bits per heavy atom. The van der Waals surface area contributed by atoms with Gasteiger partial charge in [0.15, 0.2) is 11.5 Å². The van der Waals surface area contributed by atoms with E-state index >= 15 is 0 Å². The van der Waals surface area contributed by atoms with Crippen molar-refractivity contribution in [1.29, 1.82) is 0 Å². The van der Waals surface area contributed by atoms with Crippen LogP contribution in [0.1, 0.15) is 27.4 Å². The van der Waals surface area contributed by atoms with Crippen molar-refractivity contribution in [2.45, 2.75) is 20.1 Å².